The SMILES string of the molecule is C=C1C2=C(C3=C(C)C(C)=C(C4=C(C)c5c(-c6c(C)c(C)c(C)c(C)c6C)c6c(c(-c7c(C)c(C)c(C)c(C)c7C)c5C4c4c(C)cc(C)c(C)c4C)C(C)=C(C)C6c4c(C)c(C)c(C)c(C)c4C)C3)C(C)C(=C)C2=C(C2=C(C)C(C)=C(C)C2)C1C. The minimum atomic E-state index is -0.0349. The van der Waals surface area contributed by atoms with Gasteiger partial charge in [-0.05, 0) is 450 Å². The summed E-state index contributed by atoms with van der Waals surface area (Å²) in [7, 11) is 0. The van der Waals surface area contributed by atoms with Gasteiger partial charge in [-0.25, -0.2) is 0 Å². The van der Waals surface area contributed by atoms with Crippen molar-refractivity contribution in [1.82, 2.24) is 0 Å². The third-order valence-corrected chi connectivity index (χ3v) is 25.4. The molecule has 0 saturated heterocycles. The van der Waals surface area contributed by atoms with Gasteiger partial charge in [-0.3, -0.25) is 0 Å². The highest BCUT2D eigenvalue weighted by molar-refractivity contribution is 6.07. The molecule has 4 atom stereocenters. The summed E-state index contributed by atoms with van der Waals surface area (Å²) < 4.78 is 0. The van der Waals surface area contributed by atoms with E-state index in [1.165, 1.54) is 262 Å². The molecule has 0 saturated carbocycles. The molecule has 0 fully saturated rings. The van der Waals surface area contributed by atoms with Crippen LogP contribution >= 0.6 is 0 Å². The molecule has 0 bridgehead atoms. The van der Waals surface area contributed by atoms with E-state index in [4.69, 9.17) is 13.2 Å². The van der Waals surface area contributed by atoms with E-state index in [1.807, 2.05) is 0 Å². The number of benzene rings is 5. The van der Waals surface area contributed by atoms with Crippen LogP contribution in [-0.2, 0) is 0 Å². The average molecular weight is 1120 g/mol. The molecule has 440 valence electrons. The van der Waals surface area contributed by atoms with E-state index in [-0.39, 0.29) is 23.7 Å². The van der Waals surface area contributed by atoms with Crippen molar-refractivity contribution in [3.05, 3.63) is 247 Å². The molecule has 0 aromatic heterocycles. The monoisotopic (exact) mass is 1120 g/mol. The first-order valence-corrected chi connectivity index (χ1v) is 32.2. The second-order valence-electron chi connectivity index (χ2n) is 28.4. The molecule has 85 heavy (non-hydrogen) atoms. The lowest BCUT2D eigenvalue weighted by Gasteiger charge is -2.33. The number of allylic oxidation sites excluding steroid dienone is 18. The van der Waals surface area contributed by atoms with Crippen molar-refractivity contribution in [2.75, 3.05) is 0 Å². The van der Waals surface area contributed by atoms with Gasteiger partial charge in [-0.1, -0.05) is 44.2 Å². The number of rotatable bonds is 7. The van der Waals surface area contributed by atoms with Crippen molar-refractivity contribution in [2.45, 2.75) is 225 Å². The predicted octanol–water partition coefficient (Wildman–Crippen LogP) is 23.8. The van der Waals surface area contributed by atoms with Gasteiger partial charge in [0.05, 0.1) is 0 Å². The first kappa shape index (κ1) is 60.2. The van der Waals surface area contributed by atoms with Crippen LogP contribution in [-0.4, -0.2) is 0 Å². The zero-order chi connectivity index (χ0) is 62.6. The van der Waals surface area contributed by atoms with Gasteiger partial charge in [0, 0.05) is 23.7 Å². The molecule has 6 aliphatic rings. The Labute approximate surface area is 515 Å². The Morgan fingerprint density at radius 2 is 0.624 bits per heavy atom. The Bertz CT molecular complexity index is 4270. The molecular weight excluding hydrogens is 1020 g/mol. The minimum absolute atomic E-state index is 0.0349. The van der Waals surface area contributed by atoms with Crippen molar-refractivity contribution in [3.8, 4) is 22.3 Å². The number of hydrogen-bond donors (Lipinski definition) is 0. The maximum absolute atomic E-state index is 5.03. The number of fused-ring (bicyclic) bond motifs is 3. The Hall–Kier alpha value is -6.50. The van der Waals surface area contributed by atoms with Crippen molar-refractivity contribution in [3.63, 3.8) is 0 Å². The Balaban J connectivity index is 1.34. The van der Waals surface area contributed by atoms with Gasteiger partial charge >= 0.3 is 0 Å². The van der Waals surface area contributed by atoms with Crippen LogP contribution in [0.15, 0.2) is 108 Å². The van der Waals surface area contributed by atoms with E-state index >= 15 is 0 Å². The first-order chi connectivity index (χ1) is 39.7. The van der Waals surface area contributed by atoms with Crippen LogP contribution in [0.1, 0.15) is 233 Å². The van der Waals surface area contributed by atoms with Crippen LogP contribution < -0.4 is 0 Å². The molecule has 0 heterocycles. The third kappa shape index (κ3) is 7.83. The highest BCUT2D eigenvalue weighted by Gasteiger charge is 2.49. The zero-order valence-corrected chi connectivity index (χ0v) is 58.2. The Morgan fingerprint density at radius 3 is 1.04 bits per heavy atom. The van der Waals surface area contributed by atoms with Gasteiger partial charge in [-0.15, -0.1) is 0 Å². The first-order valence-electron chi connectivity index (χ1n) is 32.2. The highest BCUT2D eigenvalue weighted by atomic mass is 14.5. The molecule has 0 aliphatic heterocycles. The summed E-state index contributed by atoms with van der Waals surface area (Å²) in [5.74, 6) is 0.456. The van der Waals surface area contributed by atoms with E-state index in [0.717, 1.165) is 12.8 Å². The van der Waals surface area contributed by atoms with Crippen molar-refractivity contribution in [1.29, 1.82) is 0 Å². The van der Waals surface area contributed by atoms with Gasteiger partial charge < -0.3 is 0 Å². The summed E-state index contributed by atoms with van der Waals surface area (Å²) in [5.41, 5.74) is 67.6. The van der Waals surface area contributed by atoms with E-state index in [2.05, 4.69) is 207 Å². The van der Waals surface area contributed by atoms with Crippen LogP contribution in [0.3, 0.4) is 0 Å². The lowest BCUT2D eigenvalue weighted by molar-refractivity contribution is 0.802. The molecule has 0 amide bonds. The van der Waals surface area contributed by atoms with Crippen LogP contribution in [0, 0.1) is 143 Å². The Morgan fingerprint density at radius 1 is 0.282 bits per heavy atom. The van der Waals surface area contributed by atoms with Gasteiger partial charge in [0.15, 0.2) is 0 Å². The van der Waals surface area contributed by atoms with E-state index in [1.54, 1.807) is 0 Å². The normalized spacial score (nSPS) is 20.6. The molecular formula is C85H100. The summed E-state index contributed by atoms with van der Waals surface area (Å²) in [5, 5.41) is 0. The smallest absolute Gasteiger partial charge is 0.0363 e. The summed E-state index contributed by atoms with van der Waals surface area (Å²) in [6, 6.07) is 2.52. The third-order valence-electron chi connectivity index (χ3n) is 25.4. The zero-order valence-electron chi connectivity index (χ0n) is 58.2. The quantitative estimate of drug-likeness (QED) is 0.152. The molecule has 0 heteroatoms. The fourth-order valence-electron chi connectivity index (χ4n) is 18.1. The van der Waals surface area contributed by atoms with Crippen molar-refractivity contribution >= 4 is 11.1 Å². The second-order valence-corrected chi connectivity index (χ2v) is 28.4. The van der Waals surface area contributed by atoms with E-state index in [0.29, 0.717) is 0 Å². The molecule has 0 spiro atoms. The largest absolute Gasteiger partial charge is 0.0946 e. The summed E-state index contributed by atoms with van der Waals surface area (Å²) >= 11 is 0. The van der Waals surface area contributed by atoms with E-state index < -0.39 is 0 Å². The topological polar surface area (TPSA) is 0 Å². The maximum atomic E-state index is 5.03. The molecule has 0 radical (unpaired) electrons. The molecule has 5 aromatic carbocycles. The predicted molar refractivity (Wildman–Crippen MR) is 371 cm³/mol. The van der Waals surface area contributed by atoms with E-state index in [9.17, 15) is 0 Å². The fraction of sp³-hybridized carbons (Fsp3) is 0.412. The number of aryl methyl sites for hydroxylation is 2. The number of hydrogen-bond acceptors (Lipinski definition) is 0. The lowest BCUT2D eigenvalue weighted by atomic mass is 9.69. The Kier molecular flexibility index (Phi) is 14.4. The minimum Gasteiger partial charge on any atom is -0.0946 e. The summed E-state index contributed by atoms with van der Waals surface area (Å²) in [4.78, 5) is 0. The van der Waals surface area contributed by atoms with Gasteiger partial charge in [0.25, 0.3) is 0 Å². The molecule has 0 N–H and O–H groups in total. The van der Waals surface area contributed by atoms with Crippen LogP contribution in [0.2, 0.25) is 0 Å². The second kappa shape index (κ2) is 20.3. The van der Waals surface area contributed by atoms with Crippen LogP contribution in [0.5, 0.6) is 0 Å². The van der Waals surface area contributed by atoms with Gasteiger partial charge in [0.1, 0.15) is 0 Å². The summed E-state index contributed by atoms with van der Waals surface area (Å²) in [6.07, 6.45) is 1.90. The van der Waals surface area contributed by atoms with Crippen molar-refractivity contribution in [2.24, 2.45) is 11.8 Å². The van der Waals surface area contributed by atoms with Crippen LogP contribution in [0.25, 0.3) is 33.4 Å². The molecule has 11 rings (SSSR count). The highest BCUT2D eigenvalue weighted by Crippen LogP contribution is 2.67. The molecule has 5 aromatic rings. The van der Waals surface area contributed by atoms with Gasteiger partial charge in [0.2, 0.25) is 0 Å². The molecule has 6 aliphatic carbocycles. The average Bonchev–Trinajstić information content (AvgIpc) is 1.56. The lowest BCUT2D eigenvalue weighted by Crippen LogP contribution is -2.16. The maximum Gasteiger partial charge on any atom is 0.0363 e. The van der Waals surface area contributed by atoms with Crippen molar-refractivity contribution < 1.29 is 0 Å². The van der Waals surface area contributed by atoms with Crippen LogP contribution in [0.4, 0.5) is 0 Å². The molecule has 4 unspecified atom stereocenters. The molecule has 0 nitrogen and oxygen atoms in total. The summed E-state index contributed by atoms with van der Waals surface area (Å²) in [6.45, 7) is 80.2. The van der Waals surface area contributed by atoms with Gasteiger partial charge in [-0.2, -0.15) is 0 Å². The standard InChI is InChI=1S/C85H100/c1-35-32-37(3)69(52(18)39(35)5)81-75(68-34-67(50(16)51(68)17)74-60(26)62(28)77-73(59(25)61(27)78(74)77)66-33-36(2)38(4)49(66)15)65(31)80-83(72-57(23)47(13)42(8)48(14)58(72)24)84-76(70-53(19)43(9)40(6)44(10)54(70)20)63(29)64(30)79(84)82(85(80)81)71-55(21)45(11)41(7)46(12)56(71)22/h32,59-60,76,81H,27-28,33-34H2,1-26,29-31H3. The fourth-order valence-corrected chi connectivity index (χ4v) is 18.1.